The van der Waals surface area contributed by atoms with Crippen LogP contribution < -0.4 is 5.73 Å². The summed E-state index contributed by atoms with van der Waals surface area (Å²) >= 11 is 0. The highest BCUT2D eigenvalue weighted by atomic mass is 19.3. The Bertz CT molecular complexity index is 274. The Morgan fingerprint density at radius 1 is 1.54 bits per heavy atom. The Morgan fingerprint density at radius 2 is 2.23 bits per heavy atom. The van der Waals surface area contributed by atoms with Crippen molar-refractivity contribution in [1.82, 2.24) is 4.98 Å². The first-order valence-corrected chi connectivity index (χ1v) is 4.08. The van der Waals surface area contributed by atoms with E-state index in [1.807, 2.05) is 0 Å². The first kappa shape index (κ1) is 10.1. The first-order chi connectivity index (χ1) is 6.11. The van der Waals surface area contributed by atoms with E-state index in [0.29, 0.717) is 11.3 Å². The highest BCUT2D eigenvalue weighted by Crippen LogP contribution is 2.15. The van der Waals surface area contributed by atoms with Crippen LogP contribution in [0.5, 0.6) is 0 Å². The average molecular weight is 186 g/mol. The van der Waals surface area contributed by atoms with Gasteiger partial charge >= 0.3 is 0 Å². The van der Waals surface area contributed by atoms with Crippen molar-refractivity contribution in [2.45, 2.75) is 25.8 Å². The van der Waals surface area contributed by atoms with Gasteiger partial charge in [-0.3, -0.25) is 4.98 Å². The molecule has 0 aliphatic rings. The highest BCUT2D eigenvalue weighted by molar-refractivity contribution is 5.23. The summed E-state index contributed by atoms with van der Waals surface area (Å²) < 4.78 is 24.2. The molecule has 2 nitrogen and oxygen atoms in total. The Labute approximate surface area is 75.8 Å². The minimum atomic E-state index is -2.37. The second-order valence-electron chi connectivity index (χ2n) is 2.92. The van der Waals surface area contributed by atoms with Crippen molar-refractivity contribution < 1.29 is 8.78 Å². The largest absolute Gasteiger partial charge is 0.324 e. The third-order valence-electron chi connectivity index (χ3n) is 1.76. The van der Waals surface area contributed by atoms with Gasteiger partial charge in [0.1, 0.15) is 0 Å². The molecule has 0 spiro atoms. The van der Waals surface area contributed by atoms with Crippen molar-refractivity contribution in [3.63, 3.8) is 0 Å². The third kappa shape index (κ3) is 2.73. The molecule has 0 fully saturated rings. The number of nitrogens with zero attached hydrogens (tertiary/aromatic N) is 1. The molecule has 4 heteroatoms. The van der Waals surface area contributed by atoms with E-state index in [-0.39, 0.29) is 12.5 Å². The zero-order valence-corrected chi connectivity index (χ0v) is 7.37. The van der Waals surface area contributed by atoms with Crippen LogP contribution in [-0.2, 0) is 6.42 Å². The van der Waals surface area contributed by atoms with Crippen LogP contribution in [-0.4, -0.2) is 11.4 Å². The monoisotopic (exact) mass is 186 g/mol. The molecule has 0 aliphatic heterocycles. The van der Waals surface area contributed by atoms with Crippen LogP contribution in [0.25, 0.3) is 0 Å². The van der Waals surface area contributed by atoms with E-state index in [4.69, 9.17) is 5.73 Å². The topological polar surface area (TPSA) is 38.9 Å². The van der Waals surface area contributed by atoms with Crippen LogP contribution in [0.3, 0.4) is 0 Å². The summed E-state index contributed by atoms with van der Waals surface area (Å²) in [5.41, 5.74) is 6.70. The fourth-order valence-corrected chi connectivity index (χ4v) is 1.18. The Kier molecular flexibility index (Phi) is 3.31. The van der Waals surface area contributed by atoms with Crippen LogP contribution in [0.2, 0.25) is 0 Å². The maximum atomic E-state index is 12.1. The van der Waals surface area contributed by atoms with Crippen molar-refractivity contribution in [2.24, 2.45) is 5.73 Å². The first-order valence-electron chi connectivity index (χ1n) is 4.08. The molecule has 1 heterocycles. The number of hydrogen-bond donors (Lipinski definition) is 1. The summed E-state index contributed by atoms with van der Waals surface area (Å²) in [5.74, 6) is 0. The molecule has 0 saturated carbocycles. The zero-order valence-electron chi connectivity index (χ0n) is 7.37. The van der Waals surface area contributed by atoms with Crippen LogP contribution in [0.4, 0.5) is 8.78 Å². The molecule has 0 aliphatic carbocycles. The number of hydrogen-bond acceptors (Lipinski definition) is 2. The van der Waals surface area contributed by atoms with E-state index in [0.717, 1.165) is 0 Å². The second-order valence-corrected chi connectivity index (χ2v) is 2.92. The molecule has 2 N–H and O–H groups in total. The lowest BCUT2D eigenvalue weighted by Crippen LogP contribution is -2.11. The van der Waals surface area contributed by atoms with Gasteiger partial charge in [0.25, 0.3) is 0 Å². The van der Waals surface area contributed by atoms with E-state index in [2.05, 4.69) is 4.98 Å². The van der Waals surface area contributed by atoms with Crippen LogP contribution in [0.15, 0.2) is 18.3 Å². The second kappa shape index (κ2) is 4.28. The lowest BCUT2D eigenvalue weighted by Gasteiger charge is -2.10. The molecule has 13 heavy (non-hydrogen) atoms. The number of pyridine rings is 1. The highest BCUT2D eigenvalue weighted by Gasteiger charge is 2.12. The molecule has 1 rings (SSSR count). The van der Waals surface area contributed by atoms with Crippen LogP contribution >= 0.6 is 0 Å². The van der Waals surface area contributed by atoms with Gasteiger partial charge in [0.2, 0.25) is 6.43 Å². The van der Waals surface area contributed by atoms with Crippen LogP contribution in [0, 0.1) is 0 Å². The van der Waals surface area contributed by atoms with E-state index >= 15 is 0 Å². The minimum Gasteiger partial charge on any atom is -0.324 e. The molecule has 72 valence electrons. The number of aromatic nitrogens is 1. The van der Waals surface area contributed by atoms with Crippen molar-refractivity contribution in [3.8, 4) is 0 Å². The summed E-state index contributed by atoms with van der Waals surface area (Å²) in [7, 11) is 0. The smallest absolute Gasteiger partial charge is 0.244 e. The number of nitrogens with two attached hydrogens (primary N) is 1. The van der Waals surface area contributed by atoms with Gasteiger partial charge in [0.15, 0.2) is 0 Å². The number of alkyl halides is 2. The third-order valence-corrected chi connectivity index (χ3v) is 1.76. The molecular weight excluding hydrogens is 174 g/mol. The van der Waals surface area contributed by atoms with Gasteiger partial charge in [-0.1, -0.05) is 6.07 Å². The van der Waals surface area contributed by atoms with Gasteiger partial charge in [-0.15, -0.1) is 0 Å². The zero-order chi connectivity index (χ0) is 9.84. The lowest BCUT2D eigenvalue weighted by molar-refractivity contribution is 0.147. The lowest BCUT2D eigenvalue weighted by atomic mass is 10.1. The van der Waals surface area contributed by atoms with Gasteiger partial charge in [0, 0.05) is 12.2 Å². The molecule has 0 aromatic carbocycles. The predicted octanol–water partition coefficient (Wildman–Crippen LogP) is 1.91. The summed E-state index contributed by atoms with van der Waals surface area (Å²) in [5, 5.41) is 0. The molecule has 1 aromatic heterocycles. The number of rotatable bonds is 3. The van der Waals surface area contributed by atoms with Crippen molar-refractivity contribution >= 4 is 0 Å². The minimum absolute atomic E-state index is 0.248. The fraction of sp³-hybridized carbons (Fsp3) is 0.444. The van der Waals surface area contributed by atoms with Gasteiger partial charge in [0.05, 0.1) is 12.1 Å². The molecule has 1 aromatic rings. The summed E-state index contributed by atoms with van der Waals surface area (Å²) in [6, 6.07) is 3.19. The van der Waals surface area contributed by atoms with Gasteiger partial charge in [-0.05, 0) is 18.6 Å². The Balaban J connectivity index is 2.91. The molecule has 0 radical (unpaired) electrons. The molecular formula is C9H12F2N2. The van der Waals surface area contributed by atoms with E-state index in [9.17, 15) is 8.78 Å². The molecule has 1 atom stereocenters. The van der Waals surface area contributed by atoms with E-state index < -0.39 is 6.43 Å². The summed E-state index contributed by atoms with van der Waals surface area (Å²) in [4.78, 5) is 3.88. The van der Waals surface area contributed by atoms with Crippen LogP contribution in [0.1, 0.15) is 24.2 Å². The number of halogens is 2. The standard InChI is InChI=1S/C9H12F2N2/c1-6(12)7-3-2-4-13-8(7)5-9(10)11/h2-4,6,9H,5,12H2,1H3. The normalized spacial score (nSPS) is 13.3. The Hall–Kier alpha value is -1.03. The summed E-state index contributed by atoms with van der Waals surface area (Å²) in [6.45, 7) is 1.76. The molecule has 0 bridgehead atoms. The van der Waals surface area contributed by atoms with E-state index in [1.165, 1.54) is 6.20 Å². The maximum Gasteiger partial charge on any atom is 0.244 e. The molecule has 0 amide bonds. The van der Waals surface area contributed by atoms with Crippen molar-refractivity contribution in [3.05, 3.63) is 29.6 Å². The maximum absolute atomic E-state index is 12.1. The molecule has 1 unspecified atom stereocenters. The summed E-state index contributed by atoms with van der Waals surface area (Å²) in [6.07, 6.45) is -1.19. The average Bonchev–Trinajstić information content (AvgIpc) is 2.03. The fourth-order valence-electron chi connectivity index (χ4n) is 1.18. The Morgan fingerprint density at radius 3 is 2.77 bits per heavy atom. The van der Waals surface area contributed by atoms with Gasteiger partial charge in [-0.25, -0.2) is 8.78 Å². The van der Waals surface area contributed by atoms with Gasteiger partial charge < -0.3 is 5.73 Å². The SMILES string of the molecule is CC(N)c1cccnc1CC(F)F. The van der Waals surface area contributed by atoms with Crippen molar-refractivity contribution in [1.29, 1.82) is 0 Å². The molecule has 0 saturated heterocycles. The van der Waals surface area contributed by atoms with E-state index in [1.54, 1.807) is 19.1 Å². The van der Waals surface area contributed by atoms with Crippen molar-refractivity contribution in [2.75, 3.05) is 0 Å². The predicted molar refractivity (Wildman–Crippen MR) is 46.5 cm³/mol. The quantitative estimate of drug-likeness (QED) is 0.783. The van der Waals surface area contributed by atoms with Gasteiger partial charge in [-0.2, -0.15) is 0 Å².